The minimum atomic E-state index is 0.363. The molecule has 0 saturated heterocycles. The fraction of sp³-hybridized carbons (Fsp3) is 0.846. The monoisotopic (exact) mass is 229 g/mol. The first-order valence-corrected chi connectivity index (χ1v) is 6.86. The number of allylic oxidation sites excluding steroid dienone is 1. The molecule has 0 aromatic heterocycles. The highest BCUT2D eigenvalue weighted by Crippen LogP contribution is 2.24. The topological polar surface area (TPSA) is 12.0 Å². The van der Waals surface area contributed by atoms with Crippen LogP contribution < -0.4 is 5.32 Å². The van der Waals surface area contributed by atoms with Crippen LogP contribution in [0.1, 0.15) is 48.0 Å². The lowest BCUT2D eigenvalue weighted by atomic mass is 10.2. The predicted molar refractivity (Wildman–Crippen MR) is 73.7 cm³/mol. The third-order valence-corrected chi connectivity index (χ3v) is 3.28. The van der Waals surface area contributed by atoms with Crippen LogP contribution in [0.5, 0.6) is 0 Å². The SMILES string of the molecule is CCCNC(C=C(C)C)CSC(C)(C)C. The molecule has 0 aliphatic heterocycles. The summed E-state index contributed by atoms with van der Waals surface area (Å²) in [4.78, 5) is 0. The van der Waals surface area contributed by atoms with Crippen molar-refractivity contribution in [3.8, 4) is 0 Å². The van der Waals surface area contributed by atoms with Gasteiger partial charge in [-0.15, -0.1) is 0 Å². The van der Waals surface area contributed by atoms with Crippen LogP contribution in [0.4, 0.5) is 0 Å². The largest absolute Gasteiger partial charge is 0.310 e. The van der Waals surface area contributed by atoms with Crippen LogP contribution in [0, 0.1) is 0 Å². The molecule has 0 fully saturated rings. The van der Waals surface area contributed by atoms with Crippen LogP contribution in [-0.2, 0) is 0 Å². The van der Waals surface area contributed by atoms with Gasteiger partial charge in [-0.3, -0.25) is 0 Å². The smallest absolute Gasteiger partial charge is 0.0343 e. The van der Waals surface area contributed by atoms with E-state index in [9.17, 15) is 0 Å². The van der Waals surface area contributed by atoms with Gasteiger partial charge < -0.3 is 5.32 Å². The van der Waals surface area contributed by atoms with Crippen molar-refractivity contribution < 1.29 is 0 Å². The molecule has 0 saturated carbocycles. The lowest BCUT2D eigenvalue weighted by molar-refractivity contribution is 0.625. The molecular weight excluding hydrogens is 202 g/mol. The Morgan fingerprint density at radius 1 is 1.33 bits per heavy atom. The van der Waals surface area contributed by atoms with Crippen LogP contribution in [-0.4, -0.2) is 23.1 Å². The molecule has 1 N–H and O–H groups in total. The van der Waals surface area contributed by atoms with Crippen molar-refractivity contribution in [2.24, 2.45) is 0 Å². The summed E-state index contributed by atoms with van der Waals surface area (Å²) in [6, 6.07) is 0.527. The summed E-state index contributed by atoms with van der Waals surface area (Å²) in [5.41, 5.74) is 1.40. The molecule has 1 nitrogen and oxygen atoms in total. The third-order valence-electron chi connectivity index (χ3n) is 1.89. The molecule has 90 valence electrons. The minimum absolute atomic E-state index is 0.363. The molecule has 0 rings (SSSR count). The van der Waals surface area contributed by atoms with Gasteiger partial charge in [0.1, 0.15) is 0 Å². The number of nitrogens with one attached hydrogen (secondary N) is 1. The zero-order valence-electron chi connectivity index (χ0n) is 11.2. The maximum Gasteiger partial charge on any atom is 0.0343 e. The molecule has 0 bridgehead atoms. The van der Waals surface area contributed by atoms with Gasteiger partial charge in [-0.25, -0.2) is 0 Å². The molecule has 15 heavy (non-hydrogen) atoms. The van der Waals surface area contributed by atoms with Crippen LogP contribution in [0.25, 0.3) is 0 Å². The molecule has 0 heterocycles. The Morgan fingerprint density at radius 2 is 1.93 bits per heavy atom. The number of thioether (sulfide) groups is 1. The highest BCUT2D eigenvalue weighted by Gasteiger charge is 2.13. The second-order valence-corrected chi connectivity index (χ2v) is 7.07. The summed E-state index contributed by atoms with van der Waals surface area (Å²) in [6.07, 6.45) is 3.54. The molecular formula is C13H27NS. The first-order chi connectivity index (χ1) is 6.85. The standard InChI is InChI=1S/C13H27NS/c1-7-8-14-12(9-11(2)3)10-15-13(4,5)6/h9,12,14H,7-8,10H2,1-6H3. The van der Waals surface area contributed by atoms with Crippen molar-refractivity contribution in [3.63, 3.8) is 0 Å². The summed E-state index contributed by atoms with van der Waals surface area (Å²) in [5, 5.41) is 3.58. The average Bonchev–Trinajstić information content (AvgIpc) is 2.07. The fourth-order valence-corrected chi connectivity index (χ4v) is 2.13. The van der Waals surface area contributed by atoms with E-state index in [0.29, 0.717) is 10.8 Å². The van der Waals surface area contributed by atoms with Crippen LogP contribution in [0.3, 0.4) is 0 Å². The van der Waals surface area contributed by atoms with E-state index in [1.807, 2.05) is 11.8 Å². The molecule has 0 aromatic rings. The third kappa shape index (κ3) is 10.3. The first kappa shape index (κ1) is 15.0. The van der Waals surface area contributed by atoms with Gasteiger partial charge in [-0.2, -0.15) is 11.8 Å². The van der Waals surface area contributed by atoms with Crippen molar-refractivity contribution in [1.82, 2.24) is 5.32 Å². The van der Waals surface area contributed by atoms with Crippen molar-refractivity contribution in [2.75, 3.05) is 12.3 Å². The summed E-state index contributed by atoms with van der Waals surface area (Å²) in [7, 11) is 0. The van der Waals surface area contributed by atoms with Crippen LogP contribution >= 0.6 is 11.8 Å². The number of hydrogen-bond donors (Lipinski definition) is 1. The van der Waals surface area contributed by atoms with Gasteiger partial charge >= 0.3 is 0 Å². The Hall–Kier alpha value is 0.0500. The van der Waals surface area contributed by atoms with E-state index in [1.165, 1.54) is 12.0 Å². The van der Waals surface area contributed by atoms with Gasteiger partial charge in [-0.05, 0) is 26.8 Å². The minimum Gasteiger partial charge on any atom is -0.310 e. The quantitative estimate of drug-likeness (QED) is 0.694. The Balaban J connectivity index is 4.07. The van der Waals surface area contributed by atoms with Gasteiger partial charge in [0.2, 0.25) is 0 Å². The molecule has 0 spiro atoms. The lowest BCUT2D eigenvalue weighted by Crippen LogP contribution is -2.31. The predicted octanol–water partition coefficient (Wildman–Crippen LogP) is 3.85. The van der Waals surface area contributed by atoms with Crippen molar-refractivity contribution >= 4 is 11.8 Å². The molecule has 1 unspecified atom stereocenters. The highest BCUT2D eigenvalue weighted by atomic mass is 32.2. The molecule has 1 atom stereocenters. The van der Waals surface area contributed by atoms with E-state index in [1.54, 1.807) is 0 Å². The van der Waals surface area contributed by atoms with Crippen LogP contribution in [0.15, 0.2) is 11.6 Å². The molecule has 0 aromatic carbocycles. The summed E-state index contributed by atoms with van der Waals surface area (Å²) >= 11 is 2.03. The van der Waals surface area contributed by atoms with E-state index in [0.717, 1.165) is 12.3 Å². The number of hydrogen-bond acceptors (Lipinski definition) is 2. The molecule has 0 amide bonds. The maximum atomic E-state index is 3.58. The average molecular weight is 229 g/mol. The van der Waals surface area contributed by atoms with Gasteiger partial charge in [0, 0.05) is 16.5 Å². The fourth-order valence-electron chi connectivity index (χ4n) is 1.24. The van der Waals surface area contributed by atoms with E-state index >= 15 is 0 Å². The Bertz CT molecular complexity index is 187. The zero-order valence-corrected chi connectivity index (χ0v) is 12.0. The second-order valence-electron chi connectivity index (χ2n) is 5.23. The van der Waals surface area contributed by atoms with Crippen LogP contribution in [0.2, 0.25) is 0 Å². The summed E-state index contributed by atoms with van der Waals surface area (Å²) in [5.74, 6) is 1.16. The zero-order chi connectivity index (χ0) is 11.9. The van der Waals surface area contributed by atoms with E-state index in [4.69, 9.17) is 0 Å². The lowest BCUT2D eigenvalue weighted by Gasteiger charge is -2.22. The van der Waals surface area contributed by atoms with E-state index < -0.39 is 0 Å². The molecule has 0 radical (unpaired) electrons. The Kier molecular flexibility index (Phi) is 7.37. The molecule has 2 heteroatoms. The van der Waals surface area contributed by atoms with Crippen molar-refractivity contribution in [3.05, 3.63) is 11.6 Å². The Labute approximate surface area is 100 Å². The Morgan fingerprint density at radius 3 is 2.33 bits per heavy atom. The molecule has 0 aliphatic carbocycles. The van der Waals surface area contributed by atoms with E-state index in [2.05, 4.69) is 52.9 Å². The molecule has 0 aliphatic rings. The van der Waals surface area contributed by atoms with Crippen molar-refractivity contribution in [2.45, 2.75) is 58.8 Å². The second kappa shape index (κ2) is 7.34. The van der Waals surface area contributed by atoms with E-state index in [-0.39, 0.29) is 0 Å². The van der Waals surface area contributed by atoms with Gasteiger partial charge in [-0.1, -0.05) is 39.3 Å². The maximum absolute atomic E-state index is 3.58. The first-order valence-electron chi connectivity index (χ1n) is 5.87. The summed E-state index contributed by atoms with van der Waals surface area (Å²) < 4.78 is 0.363. The normalized spacial score (nSPS) is 13.7. The summed E-state index contributed by atoms with van der Waals surface area (Å²) in [6.45, 7) is 14.5. The van der Waals surface area contributed by atoms with Gasteiger partial charge in [0.25, 0.3) is 0 Å². The highest BCUT2D eigenvalue weighted by molar-refractivity contribution is 8.00. The van der Waals surface area contributed by atoms with Gasteiger partial charge in [0.05, 0.1) is 0 Å². The van der Waals surface area contributed by atoms with Crippen molar-refractivity contribution in [1.29, 1.82) is 0 Å². The number of rotatable bonds is 6. The van der Waals surface area contributed by atoms with Gasteiger partial charge in [0.15, 0.2) is 0 Å².